The molecule has 0 aliphatic heterocycles. The Hall–Kier alpha value is -1.80. The van der Waals surface area contributed by atoms with Crippen molar-refractivity contribution in [3.8, 4) is 11.9 Å². The average Bonchev–Trinajstić information content (AvgIpc) is 2.28. The van der Waals surface area contributed by atoms with Gasteiger partial charge in [-0.2, -0.15) is 5.26 Å². The lowest BCUT2D eigenvalue weighted by atomic mass is 10.1. The predicted molar refractivity (Wildman–Crippen MR) is 62.9 cm³/mol. The lowest BCUT2D eigenvalue weighted by Gasteiger charge is -2.10. The summed E-state index contributed by atoms with van der Waals surface area (Å²) in [5.74, 6) is -0.241. The second kappa shape index (κ2) is 6.06. The van der Waals surface area contributed by atoms with Gasteiger partial charge in [-0.3, -0.25) is 9.36 Å². The first-order valence-corrected chi connectivity index (χ1v) is 5.44. The Bertz CT molecular complexity index is 486. The number of aromatic hydroxyl groups is 1. The van der Waals surface area contributed by atoms with Crippen LogP contribution in [-0.4, -0.2) is 23.4 Å². The second-order valence-electron chi connectivity index (χ2n) is 3.83. The van der Waals surface area contributed by atoms with Crippen LogP contribution in [0.3, 0.4) is 0 Å². The molecule has 0 fully saturated rings. The van der Waals surface area contributed by atoms with Gasteiger partial charge in [-0.05, 0) is 25.3 Å². The number of ether oxygens (including phenoxy) is 1. The van der Waals surface area contributed by atoms with Crippen molar-refractivity contribution in [1.82, 2.24) is 4.57 Å². The molecule has 5 heteroatoms. The molecule has 0 aliphatic rings. The Morgan fingerprint density at radius 3 is 2.82 bits per heavy atom. The van der Waals surface area contributed by atoms with Crippen molar-refractivity contribution in [1.29, 1.82) is 5.26 Å². The van der Waals surface area contributed by atoms with Gasteiger partial charge in [0.2, 0.25) is 5.88 Å². The van der Waals surface area contributed by atoms with Crippen molar-refractivity contribution >= 4 is 0 Å². The number of nitriles is 1. The molecule has 0 saturated heterocycles. The fourth-order valence-electron chi connectivity index (χ4n) is 1.62. The van der Waals surface area contributed by atoms with Crippen LogP contribution < -0.4 is 5.56 Å². The molecule has 0 spiro atoms. The molecule has 5 nitrogen and oxygen atoms in total. The van der Waals surface area contributed by atoms with Crippen molar-refractivity contribution in [3.63, 3.8) is 0 Å². The second-order valence-corrected chi connectivity index (χ2v) is 3.83. The summed E-state index contributed by atoms with van der Waals surface area (Å²) >= 11 is 0. The maximum absolute atomic E-state index is 11.7. The Morgan fingerprint density at radius 1 is 1.53 bits per heavy atom. The van der Waals surface area contributed by atoms with Crippen molar-refractivity contribution < 1.29 is 9.84 Å². The van der Waals surface area contributed by atoms with Crippen LogP contribution in [-0.2, 0) is 11.3 Å². The molecule has 0 unspecified atom stereocenters. The van der Waals surface area contributed by atoms with Gasteiger partial charge in [-0.15, -0.1) is 0 Å². The molecule has 1 aromatic rings. The molecular weight excluding hydrogens is 220 g/mol. The molecule has 1 aromatic heterocycles. The van der Waals surface area contributed by atoms with E-state index in [0.29, 0.717) is 18.7 Å². The highest BCUT2D eigenvalue weighted by molar-refractivity contribution is 5.43. The van der Waals surface area contributed by atoms with Crippen molar-refractivity contribution in [2.75, 3.05) is 13.7 Å². The maximum atomic E-state index is 11.7. The normalized spacial score (nSPS) is 10.2. The summed E-state index contributed by atoms with van der Waals surface area (Å²) in [6.07, 6.45) is 1.52. The van der Waals surface area contributed by atoms with E-state index in [1.54, 1.807) is 14.0 Å². The zero-order valence-electron chi connectivity index (χ0n) is 10.1. The van der Waals surface area contributed by atoms with Gasteiger partial charge in [0, 0.05) is 26.3 Å². The summed E-state index contributed by atoms with van der Waals surface area (Å²) in [5, 5.41) is 18.7. The lowest BCUT2D eigenvalue weighted by molar-refractivity contribution is 0.190. The first kappa shape index (κ1) is 13.3. The van der Waals surface area contributed by atoms with Crippen LogP contribution in [0.5, 0.6) is 5.88 Å². The fraction of sp³-hybridized carbons (Fsp3) is 0.500. The molecule has 1 N–H and O–H groups in total. The summed E-state index contributed by atoms with van der Waals surface area (Å²) in [6.45, 7) is 2.64. The van der Waals surface area contributed by atoms with Gasteiger partial charge < -0.3 is 9.84 Å². The molecule has 0 saturated carbocycles. The number of nitrogens with zero attached hydrogens (tertiary/aromatic N) is 2. The highest BCUT2D eigenvalue weighted by atomic mass is 16.5. The maximum Gasteiger partial charge on any atom is 0.253 e. The molecule has 0 atom stereocenters. The molecule has 0 aliphatic carbocycles. The number of unbranched alkanes of at least 4 members (excludes halogenated alkanes) is 1. The predicted octanol–water partition coefficient (Wildman–Crippen LogP) is 1.16. The molecule has 0 bridgehead atoms. The standard InChI is InChI=1S/C12H16N2O3/c1-9-7-11(15)14(5-3-4-6-17-2)12(16)10(9)8-13/h7,16H,3-6H2,1-2H3. The summed E-state index contributed by atoms with van der Waals surface area (Å²) in [6, 6.07) is 3.27. The quantitative estimate of drug-likeness (QED) is 0.778. The fourth-order valence-corrected chi connectivity index (χ4v) is 1.62. The Kier molecular flexibility index (Phi) is 4.73. The van der Waals surface area contributed by atoms with Gasteiger partial charge in [-0.25, -0.2) is 0 Å². The number of pyridine rings is 1. The molecule has 17 heavy (non-hydrogen) atoms. The molecule has 0 radical (unpaired) electrons. The van der Waals surface area contributed by atoms with Crippen LogP contribution in [0.4, 0.5) is 0 Å². The molecule has 1 rings (SSSR count). The van der Waals surface area contributed by atoms with Crippen LogP contribution in [0.2, 0.25) is 0 Å². The van der Waals surface area contributed by atoms with Crippen molar-refractivity contribution in [2.24, 2.45) is 0 Å². The third-order valence-electron chi connectivity index (χ3n) is 2.57. The van der Waals surface area contributed by atoms with Gasteiger partial charge in [0.1, 0.15) is 11.6 Å². The van der Waals surface area contributed by atoms with E-state index in [-0.39, 0.29) is 17.0 Å². The molecular formula is C12H16N2O3. The molecule has 0 aromatic carbocycles. The van der Waals surface area contributed by atoms with Gasteiger partial charge in [0.05, 0.1) is 0 Å². The number of aryl methyl sites for hydroxylation is 1. The zero-order chi connectivity index (χ0) is 12.8. The lowest BCUT2D eigenvalue weighted by Crippen LogP contribution is -2.21. The van der Waals surface area contributed by atoms with E-state index in [0.717, 1.165) is 12.8 Å². The topological polar surface area (TPSA) is 75.2 Å². The monoisotopic (exact) mass is 236 g/mol. The van der Waals surface area contributed by atoms with E-state index in [9.17, 15) is 9.90 Å². The van der Waals surface area contributed by atoms with Gasteiger partial charge in [-0.1, -0.05) is 0 Å². The van der Waals surface area contributed by atoms with E-state index in [2.05, 4.69) is 0 Å². The van der Waals surface area contributed by atoms with Crippen molar-refractivity contribution in [2.45, 2.75) is 26.3 Å². The van der Waals surface area contributed by atoms with Crippen LogP contribution in [0.15, 0.2) is 10.9 Å². The molecule has 92 valence electrons. The first-order valence-electron chi connectivity index (χ1n) is 5.44. The SMILES string of the molecule is COCCCCn1c(O)c(C#N)c(C)cc1=O. The molecule has 1 heterocycles. The van der Waals surface area contributed by atoms with Gasteiger partial charge in [0.25, 0.3) is 5.56 Å². The number of hydrogen-bond donors (Lipinski definition) is 1. The Balaban J connectivity index is 2.93. The Labute approximate surface area is 99.9 Å². The zero-order valence-corrected chi connectivity index (χ0v) is 10.1. The van der Waals surface area contributed by atoms with Crippen LogP contribution in [0.25, 0.3) is 0 Å². The summed E-state index contributed by atoms with van der Waals surface area (Å²) in [7, 11) is 1.61. The Morgan fingerprint density at radius 2 is 2.24 bits per heavy atom. The minimum Gasteiger partial charge on any atom is -0.493 e. The summed E-state index contributed by atoms with van der Waals surface area (Å²) < 4.78 is 6.13. The largest absolute Gasteiger partial charge is 0.493 e. The van der Waals surface area contributed by atoms with E-state index in [1.807, 2.05) is 6.07 Å². The summed E-state index contributed by atoms with van der Waals surface area (Å²) in [5.41, 5.74) is 0.385. The third-order valence-corrected chi connectivity index (χ3v) is 2.57. The minimum atomic E-state index is -0.281. The minimum absolute atomic E-state index is 0.163. The average molecular weight is 236 g/mol. The van der Waals surface area contributed by atoms with Gasteiger partial charge >= 0.3 is 0 Å². The highest BCUT2D eigenvalue weighted by Gasteiger charge is 2.11. The van der Waals surface area contributed by atoms with E-state index >= 15 is 0 Å². The third kappa shape index (κ3) is 3.08. The first-order chi connectivity index (χ1) is 8.11. The van der Waals surface area contributed by atoms with E-state index in [4.69, 9.17) is 10.00 Å². The smallest absolute Gasteiger partial charge is 0.253 e. The summed E-state index contributed by atoms with van der Waals surface area (Å²) in [4.78, 5) is 11.7. The van der Waals surface area contributed by atoms with Crippen molar-refractivity contribution in [3.05, 3.63) is 27.5 Å². The van der Waals surface area contributed by atoms with Crippen LogP contribution in [0.1, 0.15) is 24.0 Å². The van der Waals surface area contributed by atoms with E-state index in [1.165, 1.54) is 10.6 Å². The highest BCUT2D eigenvalue weighted by Crippen LogP contribution is 2.17. The van der Waals surface area contributed by atoms with E-state index < -0.39 is 0 Å². The molecule has 0 amide bonds. The number of aromatic nitrogens is 1. The number of rotatable bonds is 5. The van der Waals surface area contributed by atoms with Crippen LogP contribution in [0, 0.1) is 18.3 Å². The number of hydrogen-bond acceptors (Lipinski definition) is 4. The number of methoxy groups -OCH3 is 1. The van der Waals surface area contributed by atoms with Gasteiger partial charge in [0.15, 0.2) is 0 Å². The van der Waals surface area contributed by atoms with Crippen LogP contribution >= 0.6 is 0 Å².